The standard InChI is InChI=1S/C26H34N2O6/c1-5-6-7-15-34-24-17-21(11-12-22(24)31-2)28-14-8-13-27(26(28)30)18-20-10-9-19(25(29)33-4)16-23(20)32-3/h9-12,16-17H,5-8,13-15,18H2,1-4H3. The molecule has 184 valence electrons. The van der Waals surface area contributed by atoms with Crippen LogP contribution < -0.4 is 19.1 Å². The predicted molar refractivity (Wildman–Crippen MR) is 130 cm³/mol. The van der Waals surface area contributed by atoms with Gasteiger partial charge in [0.25, 0.3) is 0 Å². The number of esters is 1. The highest BCUT2D eigenvalue weighted by Gasteiger charge is 2.28. The van der Waals surface area contributed by atoms with E-state index in [2.05, 4.69) is 6.92 Å². The molecular weight excluding hydrogens is 436 g/mol. The van der Waals surface area contributed by atoms with Crippen LogP contribution in [0, 0.1) is 0 Å². The number of hydrogen-bond acceptors (Lipinski definition) is 6. The molecule has 0 unspecified atom stereocenters. The summed E-state index contributed by atoms with van der Waals surface area (Å²) in [6.07, 6.45) is 4.02. The number of anilines is 1. The first-order valence-corrected chi connectivity index (χ1v) is 11.6. The summed E-state index contributed by atoms with van der Waals surface area (Å²) in [6.45, 7) is 4.38. The number of hydrogen-bond donors (Lipinski definition) is 0. The van der Waals surface area contributed by atoms with E-state index in [1.165, 1.54) is 7.11 Å². The monoisotopic (exact) mass is 470 g/mol. The van der Waals surface area contributed by atoms with Gasteiger partial charge in [-0.15, -0.1) is 0 Å². The van der Waals surface area contributed by atoms with E-state index in [-0.39, 0.29) is 6.03 Å². The zero-order chi connectivity index (χ0) is 24.5. The van der Waals surface area contributed by atoms with Crippen LogP contribution in [0.2, 0.25) is 0 Å². The number of urea groups is 1. The first-order valence-electron chi connectivity index (χ1n) is 11.6. The Bertz CT molecular complexity index is 993. The molecule has 0 saturated carbocycles. The summed E-state index contributed by atoms with van der Waals surface area (Å²) in [6, 6.07) is 10.6. The molecule has 1 aliphatic rings. The summed E-state index contributed by atoms with van der Waals surface area (Å²) in [5.74, 6) is 1.40. The molecular formula is C26H34N2O6. The van der Waals surface area contributed by atoms with Gasteiger partial charge < -0.3 is 23.8 Å². The van der Waals surface area contributed by atoms with Gasteiger partial charge in [-0.25, -0.2) is 9.59 Å². The fourth-order valence-corrected chi connectivity index (χ4v) is 3.97. The average molecular weight is 471 g/mol. The van der Waals surface area contributed by atoms with E-state index >= 15 is 0 Å². The van der Waals surface area contributed by atoms with Crippen LogP contribution in [0.15, 0.2) is 36.4 Å². The molecule has 2 amide bonds. The van der Waals surface area contributed by atoms with E-state index in [1.807, 2.05) is 18.2 Å². The third kappa shape index (κ3) is 5.92. The lowest BCUT2D eigenvalue weighted by molar-refractivity contribution is 0.0600. The maximum Gasteiger partial charge on any atom is 0.337 e. The molecule has 0 N–H and O–H groups in total. The highest BCUT2D eigenvalue weighted by molar-refractivity contribution is 5.93. The number of rotatable bonds is 11. The Morgan fingerprint density at radius 1 is 0.941 bits per heavy atom. The Hall–Kier alpha value is -3.42. The summed E-state index contributed by atoms with van der Waals surface area (Å²) >= 11 is 0. The van der Waals surface area contributed by atoms with Crippen LogP contribution in [0.3, 0.4) is 0 Å². The molecule has 0 radical (unpaired) electrons. The molecule has 2 aromatic carbocycles. The fraction of sp³-hybridized carbons (Fsp3) is 0.462. The molecule has 3 rings (SSSR count). The van der Waals surface area contributed by atoms with Crippen LogP contribution >= 0.6 is 0 Å². The molecule has 8 heteroatoms. The third-order valence-electron chi connectivity index (χ3n) is 5.84. The largest absolute Gasteiger partial charge is 0.496 e. The number of carbonyl (C=O) groups excluding carboxylic acids is 2. The minimum Gasteiger partial charge on any atom is -0.496 e. The van der Waals surface area contributed by atoms with Crippen LogP contribution in [-0.4, -0.2) is 57.9 Å². The third-order valence-corrected chi connectivity index (χ3v) is 5.84. The van der Waals surface area contributed by atoms with Crippen molar-refractivity contribution in [1.29, 1.82) is 0 Å². The molecule has 2 aromatic rings. The number of carbonyl (C=O) groups is 2. The van der Waals surface area contributed by atoms with Crippen molar-refractivity contribution >= 4 is 17.7 Å². The van der Waals surface area contributed by atoms with Gasteiger partial charge in [0.1, 0.15) is 5.75 Å². The molecule has 1 aliphatic heterocycles. The van der Waals surface area contributed by atoms with Gasteiger partial charge in [0.2, 0.25) is 0 Å². The Morgan fingerprint density at radius 3 is 2.44 bits per heavy atom. The summed E-state index contributed by atoms with van der Waals surface area (Å²) in [5, 5.41) is 0. The highest BCUT2D eigenvalue weighted by atomic mass is 16.5. The van der Waals surface area contributed by atoms with Crippen molar-refractivity contribution in [3.05, 3.63) is 47.5 Å². The second-order valence-corrected chi connectivity index (χ2v) is 8.12. The van der Waals surface area contributed by atoms with Crippen molar-refractivity contribution in [1.82, 2.24) is 4.90 Å². The Kier molecular flexibility index (Phi) is 9.01. The van der Waals surface area contributed by atoms with Crippen LogP contribution in [-0.2, 0) is 11.3 Å². The SMILES string of the molecule is CCCCCOc1cc(N2CCCN(Cc3ccc(C(=O)OC)cc3OC)C2=O)ccc1OC. The molecule has 1 heterocycles. The lowest BCUT2D eigenvalue weighted by atomic mass is 10.1. The number of benzene rings is 2. The van der Waals surface area contributed by atoms with E-state index in [4.69, 9.17) is 18.9 Å². The Labute approximate surface area is 201 Å². The molecule has 8 nitrogen and oxygen atoms in total. The Morgan fingerprint density at radius 2 is 1.74 bits per heavy atom. The van der Waals surface area contributed by atoms with E-state index < -0.39 is 5.97 Å². The van der Waals surface area contributed by atoms with Crippen molar-refractivity contribution in [2.24, 2.45) is 0 Å². The second-order valence-electron chi connectivity index (χ2n) is 8.12. The molecule has 0 aliphatic carbocycles. The number of unbranched alkanes of at least 4 members (excludes halogenated alkanes) is 2. The van der Waals surface area contributed by atoms with Gasteiger partial charge in [-0.1, -0.05) is 25.8 Å². The van der Waals surface area contributed by atoms with Crippen molar-refractivity contribution in [2.45, 2.75) is 39.2 Å². The molecule has 34 heavy (non-hydrogen) atoms. The zero-order valence-electron chi connectivity index (χ0n) is 20.5. The van der Waals surface area contributed by atoms with Crippen molar-refractivity contribution in [3.63, 3.8) is 0 Å². The van der Waals surface area contributed by atoms with Gasteiger partial charge in [0.05, 0.1) is 40.0 Å². The number of ether oxygens (including phenoxy) is 4. The van der Waals surface area contributed by atoms with Crippen molar-refractivity contribution in [3.8, 4) is 17.2 Å². The van der Waals surface area contributed by atoms with Gasteiger partial charge in [-0.2, -0.15) is 0 Å². The smallest absolute Gasteiger partial charge is 0.337 e. The average Bonchev–Trinajstić information content (AvgIpc) is 2.87. The summed E-state index contributed by atoms with van der Waals surface area (Å²) in [4.78, 5) is 28.8. The van der Waals surface area contributed by atoms with Crippen molar-refractivity contribution < 1.29 is 28.5 Å². The molecule has 1 saturated heterocycles. The lowest BCUT2D eigenvalue weighted by Gasteiger charge is -2.36. The maximum absolute atomic E-state index is 13.4. The topological polar surface area (TPSA) is 77.5 Å². The van der Waals surface area contributed by atoms with Gasteiger partial charge >= 0.3 is 12.0 Å². The van der Waals surface area contributed by atoms with Crippen LogP contribution in [0.25, 0.3) is 0 Å². The minimum atomic E-state index is -0.433. The van der Waals surface area contributed by atoms with Gasteiger partial charge in [-0.05, 0) is 37.1 Å². The fourth-order valence-electron chi connectivity index (χ4n) is 3.97. The molecule has 0 atom stereocenters. The summed E-state index contributed by atoms with van der Waals surface area (Å²) in [5.41, 5.74) is 1.99. The first-order chi connectivity index (χ1) is 16.5. The van der Waals surface area contributed by atoms with E-state index in [0.29, 0.717) is 49.1 Å². The van der Waals surface area contributed by atoms with Gasteiger partial charge in [0.15, 0.2) is 11.5 Å². The molecule has 0 bridgehead atoms. The normalized spacial score (nSPS) is 13.6. The van der Waals surface area contributed by atoms with Gasteiger partial charge in [0, 0.05) is 30.4 Å². The second kappa shape index (κ2) is 12.2. The van der Waals surface area contributed by atoms with Crippen LogP contribution in [0.5, 0.6) is 17.2 Å². The summed E-state index contributed by atoms with van der Waals surface area (Å²) < 4.78 is 21.7. The Balaban J connectivity index is 1.77. The van der Waals surface area contributed by atoms with E-state index in [9.17, 15) is 9.59 Å². The number of amides is 2. The quantitative estimate of drug-likeness (QED) is 0.344. The van der Waals surface area contributed by atoms with Crippen molar-refractivity contribution in [2.75, 3.05) is 45.9 Å². The number of nitrogens with zero attached hydrogens (tertiary/aromatic N) is 2. The van der Waals surface area contributed by atoms with E-state index in [1.54, 1.807) is 42.2 Å². The number of methoxy groups -OCH3 is 3. The molecule has 0 spiro atoms. The lowest BCUT2D eigenvalue weighted by Crippen LogP contribution is -2.49. The highest BCUT2D eigenvalue weighted by Crippen LogP contribution is 2.34. The van der Waals surface area contributed by atoms with Crippen LogP contribution in [0.4, 0.5) is 10.5 Å². The zero-order valence-corrected chi connectivity index (χ0v) is 20.5. The maximum atomic E-state index is 13.4. The summed E-state index contributed by atoms with van der Waals surface area (Å²) in [7, 11) is 4.49. The molecule has 1 fully saturated rings. The molecule has 0 aromatic heterocycles. The minimum absolute atomic E-state index is 0.0903. The first kappa shape index (κ1) is 25.2. The predicted octanol–water partition coefficient (Wildman–Crippen LogP) is 4.89. The van der Waals surface area contributed by atoms with Crippen LogP contribution in [0.1, 0.15) is 48.5 Å². The van der Waals surface area contributed by atoms with Gasteiger partial charge in [-0.3, -0.25) is 4.90 Å². The van der Waals surface area contributed by atoms with E-state index in [0.717, 1.165) is 36.9 Å².